The second-order valence-corrected chi connectivity index (χ2v) is 4.91. The minimum absolute atomic E-state index is 0.593. The van der Waals surface area contributed by atoms with Crippen molar-refractivity contribution in [2.24, 2.45) is 0 Å². The Kier molecular flexibility index (Phi) is 2.40. The summed E-state index contributed by atoms with van der Waals surface area (Å²) in [7, 11) is 2.07. The number of nitrogen functional groups attached to an aromatic ring is 1. The third-order valence-corrected chi connectivity index (χ3v) is 3.55. The molecule has 88 valence electrons. The van der Waals surface area contributed by atoms with Crippen LogP contribution in [0.15, 0.2) is 23.6 Å². The molecule has 17 heavy (non-hydrogen) atoms. The van der Waals surface area contributed by atoms with Crippen molar-refractivity contribution in [2.75, 3.05) is 30.8 Å². The average molecular weight is 247 g/mol. The molecule has 0 aliphatic carbocycles. The fourth-order valence-electron chi connectivity index (χ4n) is 1.94. The molecular weight excluding hydrogens is 234 g/mol. The number of likely N-dealkylation sites (N-methyl/N-ethyl adjacent to an activating group) is 1. The van der Waals surface area contributed by atoms with E-state index in [9.17, 15) is 0 Å². The number of nitrogens with zero attached hydrogens (tertiary/aromatic N) is 2. The number of aromatic nitrogens is 1. The summed E-state index contributed by atoms with van der Waals surface area (Å²) >= 11 is 1.45. The van der Waals surface area contributed by atoms with Crippen molar-refractivity contribution < 1.29 is 4.74 Å². The van der Waals surface area contributed by atoms with Gasteiger partial charge in [-0.3, -0.25) is 0 Å². The summed E-state index contributed by atoms with van der Waals surface area (Å²) in [5.41, 5.74) is 8.73. The minimum atomic E-state index is 0.593. The Labute approximate surface area is 104 Å². The topological polar surface area (TPSA) is 51.4 Å². The van der Waals surface area contributed by atoms with Crippen molar-refractivity contribution in [3.63, 3.8) is 0 Å². The maximum absolute atomic E-state index is 5.67. The molecule has 1 aliphatic heterocycles. The van der Waals surface area contributed by atoms with Crippen LogP contribution in [0.5, 0.6) is 5.75 Å². The van der Waals surface area contributed by atoms with Crippen LogP contribution in [-0.2, 0) is 0 Å². The third-order valence-electron chi connectivity index (χ3n) is 2.87. The maximum Gasteiger partial charge on any atom is 0.180 e. The highest BCUT2D eigenvalue weighted by atomic mass is 32.1. The average Bonchev–Trinajstić information content (AvgIpc) is 2.76. The van der Waals surface area contributed by atoms with E-state index in [1.165, 1.54) is 11.3 Å². The Bertz CT molecular complexity index is 552. The van der Waals surface area contributed by atoms with E-state index >= 15 is 0 Å². The smallest absolute Gasteiger partial charge is 0.180 e. The van der Waals surface area contributed by atoms with Crippen molar-refractivity contribution >= 4 is 22.2 Å². The van der Waals surface area contributed by atoms with Gasteiger partial charge in [-0.25, -0.2) is 4.98 Å². The van der Waals surface area contributed by atoms with Gasteiger partial charge in [0.1, 0.15) is 12.4 Å². The summed E-state index contributed by atoms with van der Waals surface area (Å²) in [6.45, 7) is 1.65. The van der Waals surface area contributed by atoms with Crippen molar-refractivity contribution in [2.45, 2.75) is 0 Å². The molecule has 2 N–H and O–H groups in total. The van der Waals surface area contributed by atoms with E-state index in [0.717, 1.165) is 35.8 Å². The van der Waals surface area contributed by atoms with Crippen LogP contribution in [0.2, 0.25) is 0 Å². The number of rotatable bonds is 1. The lowest BCUT2D eigenvalue weighted by Gasteiger charge is -2.27. The van der Waals surface area contributed by atoms with Gasteiger partial charge in [0.15, 0.2) is 5.13 Å². The molecule has 1 aromatic heterocycles. The van der Waals surface area contributed by atoms with Gasteiger partial charge in [0, 0.05) is 18.0 Å². The Morgan fingerprint density at radius 1 is 1.47 bits per heavy atom. The van der Waals surface area contributed by atoms with Gasteiger partial charge >= 0.3 is 0 Å². The fourth-order valence-corrected chi connectivity index (χ4v) is 2.51. The standard InChI is InChI=1S/C12H13N3OS/c1-15-4-5-16-11-6-8(2-3-10(11)15)9-7-17-12(13)14-9/h2-3,6-7H,4-5H2,1H3,(H2,13,14). The SMILES string of the molecule is CN1CCOc2cc(-c3csc(N)n3)ccc21. The van der Waals surface area contributed by atoms with E-state index in [1.807, 2.05) is 11.4 Å². The Morgan fingerprint density at radius 3 is 3.12 bits per heavy atom. The number of anilines is 2. The van der Waals surface area contributed by atoms with E-state index in [2.05, 4.69) is 29.1 Å². The molecule has 0 amide bonds. The molecular formula is C12H13N3OS. The summed E-state index contributed by atoms with van der Waals surface area (Å²) in [5, 5.41) is 2.56. The van der Waals surface area contributed by atoms with E-state index in [-0.39, 0.29) is 0 Å². The normalized spacial score (nSPS) is 14.3. The number of hydrogen-bond donors (Lipinski definition) is 1. The first kappa shape index (κ1) is 10.4. The number of benzene rings is 1. The Balaban J connectivity index is 2.03. The molecule has 0 fully saturated rings. The molecule has 1 aromatic carbocycles. The van der Waals surface area contributed by atoms with Crippen LogP contribution >= 0.6 is 11.3 Å². The number of hydrogen-bond acceptors (Lipinski definition) is 5. The molecule has 0 atom stereocenters. The zero-order valence-electron chi connectivity index (χ0n) is 9.51. The summed E-state index contributed by atoms with van der Waals surface area (Å²) in [4.78, 5) is 6.47. The minimum Gasteiger partial charge on any atom is -0.490 e. The van der Waals surface area contributed by atoms with Crippen LogP contribution in [0.1, 0.15) is 0 Å². The molecule has 1 aliphatic rings. The summed E-state index contributed by atoms with van der Waals surface area (Å²) in [6.07, 6.45) is 0. The first-order chi connectivity index (χ1) is 8.24. The monoisotopic (exact) mass is 247 g/mol. The highest BCUT2D eigenvalue weighted by molar-refractivity contribution is 7.13. The molecule has 0 saturated heterocycles. The zero-order valence-corrected chi connectivity index (χ0v) is 10.3. The second-order valence-electron chi connectivity index (χ2n) is 4.02. The van der Waals surface area contributed by atoms with Crippen molar-refractivity contribution in [3.8, 4) is 17.0 Å². The van der Waals surface area contributed by atoms with Crippen LogP contribution in [-0.4, -0.2) is 25.2 Å². The molecule has 0 saturated carbocycles. The van der Waals surface area contributed by atoms with Gasteiger partial charge < -0.3 is 15.4 Å². The van der Waals surface area contributed by atoms with Crippen LogP contribution in [0.3, 0.4) is 0 Å². The quantitative estimate of drug-likeness (QED) is 0.839. The van der Waals surface area contributed by atoms with Crippen LogP contribution in [0.4, 0.5) is 10.8 Å². The summed E-state index contributed by atoms with van der Waals surface area (Å²) in [6, 6.07) is 6.15. The zero-order chi connectivity index (χ0) is 11.8. The predicted molar refractivity (Wildman–Crippen MR) is 70.7 cm³/mol. The van der Waals surface area contributed by atoms with Gasteiger partial charge in [-0.15, -0.1) is 11.3 Å². The Morgan fingerprint density at radius 2 is 2.35 bits per heavy atom. The van der Waals surface area contributed by atoms with E-state index < -0.39 is 0 Å². The van der Waals surface area contributed by atoms with Crippen LogP contribution in [0, 0.1) is 0 Å². The van der Waals surface area contributed by atoms with Crippen LogP contribution in [0.25, 0.3) is 11.3 Å². The molecule has 0 radical (unpaired) electrons. The fraction of sp³-hybridized carbons (Fsp3) is 0.250. The molecule has 3 rings (SSSR count). The lowest BCUT2D eigenvalue weighted by molar-refractivity contribution is 0.311. The van der Waals surface area contributed by atoms with Gasteiger partial charge in [0.05, 0.1) is 17.9 Å². The summed E-state index contributed by atoms with van der Waals surface area (Å²) < 4.78 is 5.67. The van der Waals surface area contributed by atoms with Crippen molar-refractivity contribution in [3.05, 3.63) is 23.6 Å². The van der Waals surface area contributed by atoms with E-state index in [0.29, 0.717) is 5.13 Å². The van der Waals surface area contributed by atoms with E-state index in [1.54, 1.807) is 0 Å². The first-order valence-corrected chi connectivity index (χ1v) is 6.31. The molecule has 4 nitrogen and oxygen atoms in total. The molecule has 2 heterocycles. The molecule has 2 aromatic rings. The molecule has 0 bridgehead atoms. The van der Waals surface area contributed by atoms with Gasteiger partial charge in [-0.2, -0.15) is 0 Å². The Hall–Kier alpha value is -1.75. The van der Waals surface area contributed by atoms with Crippen molar-refractivity contribution in [1.82, 2.24) is 4.98 Å². The van der Waals surface area contributed by atoms with Gasteiger partial charge in [-0.05, 0) is 12.1 Å². The van der Waals surface area contributed by atoms with Crippen molar-refractivity contribution in [1.29, 1.82) is 0 Å². The largest absolute Gasteiger partial charge is 0.490 e. The molecule has 0 spiro atoms. The maximum atomic E-state index is 5.67. The second kappa shape index (κ2) is 3.92. The number of fused-ring (bicyclic) bond motifs is 1. The first-order valence-electron chi connectivity index (χ1n) is 5.43. The number of thiazole rings is 1. The number of ether oxygens (including phenoxy) is 1. The lowest BCUT2D eigenvalue weighted by atomic mass is 10.1. The van der Waals surface area contributed by atoms with Gasteiger partial charge in [0.2, 0.25) is 0 Å². The molecule has 5 heteroatoms. The predicted octanol–water partition coefficient (Wildman–Crippen LogP) is 2.22. The van der Waals surface area contributed by atoms with Crippen LogP contribution < -0.4 is 15.4 Å². The highest BCUT2D eigenvalue weighted by Crippen LogP contribution is 2.35. The van der Waals surface area contributed by atoms with Gasteiger partial charge in [-0.1, -0.05) is 6.07 Å². The third kappa shape index (κ3) is 1.82. The van der Waals surface area contributed by atoms with Gasteiger partial charge in [0.25, 0.3) is 0 Å². The number of nitrogens with two attached hydrogens (primary N) is 1. The van der Waals surface area contributed by atoms with E-state index in [4.69, 9.17) is 10.5 Å². The highest BCUT2D eigenvalue weighted by Gasteiger charge is 2.15. The summed E-state index contributed by atoms with van der Waals surface area (Å²) in [5.74, 6) is 0.919. The molecule has 0 unspecified atom stereocenters. The lowest BCUT2D eigenvalue weighted by Crippen LogP contribution is -2.28.